The van der Waals surface area contributed by atoms with Gasteiger partial charge >= 0.3 is 0 Å². The molecule has 1 rings (SSSR count). The molecule has 0 spiro atoms. The van der Waals surface area contributed by atoms with E-state index in [0.717, 1.165) is 18.4 Å². The summed E-state index contributed by atoms with van der Waals surface area (Å²) < 4.78 is 1.30. The zero-order chi connectivity index (χ0) is 10.0. The smallest absolute Gasteiger partial charge is 0.133 e. The predicted octanol–water partition coefficient (Wildman–Crippen LogP) is 3.58. The fourth-order valence-electron chi connectivity index (χ4n) is 1.13. The summed E-state index contributed by atoms with van der Waals surface area (Å²) in [5.41, 5.74) is 0.903. The van der Waals surface area contributed by atoms with Gasteiger partial charge in [0.05, 0.1) is 8.95 Å². The first-order valence-electron chi connectivity index (χ1n) is 3.96. The number of aromatic hydroxyl groups is 2. The maximum atomic E-state index is 9.40. The molecule has 1 aromatic rings. The van der Waals surface area contributed by atoms with Gasteiger partial charge in [-0.15, -0.1) is 0 Å². The summed E-state index contributed by atoms with van der Waals surface area (Å²) in [5.74, 6) is 0.147. The molecule has 0 amide bonds. The molecular weight excluding hydrogens is 300 g/mol. The van der Waals surface area contributed by atoms with E-state index in [4.69, 9.17) is 0 Å². The van der Waals surface area contributed by atoms with E-state index in [-0.39, 0.29) is 11.5 Å². The minimum absolute atomic E-state index is 0.0733. The van der Waals surface area contributed by atoms with Gasteiger partial charge in [-0.25, -0.2) is 0 Å². The number of phenolic OH excluding ortho intramolecular Hbond substituents is 2. The second kappa shape index (κ2) is 4.33. The number of halogens is 2. The zero-order valence-electron chi connectivity index (χ0n) is 7.14. The molecule has 4 heteroatoms. The summed E-state index contributed by atoms with van der Waals surface area (Å²) in [5, 5.41) is 18.8. The summed E-state index contributed by atoms with van der Waals surface area (Å²) in [6, 6.07) is 1.31. The summed E-state index contributed by atoms with van der Waals surface area (Å²) in [7, 11) is 0. The standard InChI is InChI=1S/C9H10Br2O2/c1-2-3-5-8(10)6(12)4-7(13)9(5)11/h4,12-13H,2-3H2,1H3. The lowest BCUT2D eigenvalue weighted by Gasteiger charge is -2.09. The fourth-order valence-corrected chi connectivity index (χ4v) is 2.42. The van der Waals surface area contributed by atoms with Gasteiger partial charge < -0.3 is 10.2 Å². The van der Waals surface area contributed by atoms with Crippen LogP contribution in [0.25, 0.3) is 0 Å². The van der Waals surface area contributed by atoms with Crippen LogP contribution in [0.4, 0.5) is 0 Å². The molecule has 0 fully saturated rings. The molecule has 13 heavy (non-hydrogen) atoms. The van der Waals surface area contributed by atoms with Crippen molar-refractivity contribution in [3.63, 3.8) is 0 Å². The van der Waals surface area contributed by atoms with Crippen LogP contribution in [0, 0.1) is 0 Å². The molecule has 0 radical (unpaired) electrons. The Morgan fingerprint density at radius 1 is 1.15 bits per heavy atom. The Bertz CT molecular complexity index is 298. The molecule has 0 heterocycles. The van der Waals surface area contributed by atoms with Gasteiger partial charge in [0.15, 0.2) is 0 Å². The molecule has 0 aliphatic heterocycles. The summed E-state index contributed by atoms with van der Waals surface area (Å²) in [6.07, 6.45) is 1.77. The molecule has 0 aliphatic carbocycles. The molecule has 0 atom stereocenters. The predicted molar refractivity (Wildman–Crippen MR) is 59.2 cm³/mol. The van der Waals surface area contributed by atoms with E-state index >= 15 is 0 Å². The van der Waals surface area contributed by atoms with Crippen LogP contribution in [-0.2, 0) is 6.42 Å². The number of hydrogen-bond donors (Lipinski definition) is 2. The number of rotatable bonds is 2. The van der Waals surface area contributed by atoms with Crippen LogP contribution in [-0.4, -0.2) is 10.2 Å². The minimum atomic E-state index is 0.0733. The molecule has 0 aromatic heterocycles. The Morgan fingerprint density at radius 2 is 1.62 bits per heavy atom. The summed E-state index contributed by atoms with van der Waals surface area (Å²) in [4.78, 5) is 0. The Balaban J connectivity index is 3.28. The van der Waals surface area contributed by atoms with Crippen molar-refractivity contribution in [3.05, 3.63) is 20.6 Å². The molecule has 0 unspecified atom stereocenters. The highest BCUT2D eigenvalue weighted by Gasteiger charge is 2.12. The Kier molecular flexibility index (Phi) is 3.62. The van der Waals surface area contributed by atoms with Crippen LogP contribution in [0.1, 0.15) is 18.9 Å². The van der Waals surface area contributed by atoms with Crippen molar-refractivity contribution in [2.24, 2.45) is 0 Å². The van der Waals surface area contributed by atoms with E-state index in [1.807, 2.05) is 6.92 Å². The van der Waals surface area contributed by atoms with E-state index in [1.54, 1.807) is 0 Å². The number of hydrogen-bond acceptors (Lipinski definition) is 2. The lowest BCUT2D eigenvalue weighted by Crippen LogP contribution is -1.88. The highest BCUT2D eigenvalue weighted by atomic mass is 79.9. The van der Waals surface area contributed by atoms with E-state index < -0.39 is 0 Å². The summed E-state index contributed by atoms with van der Waals surface area (Å²) >= 11 is 6.55. The average Bonchev–Trinajstić information content (AvgIpc) is 2.09. The van der Waals surface area contributed by atoms with E-state index in [2.05, 4.69) is 31.9 Å². The van der Waals surface area contributed by atoms with Crippen LogP contribution >= 0.6 is 31.9 Å². The van der Waals surface area contributed by atoms with Crippen LogP contribution in [0.15, 0.2) is 15.0 Å². The first kappa shape index (κ1) is 10.9. The third-order valence-electron chi connectivity index (χ3n) is 1.75. The highest BCUT2D eigenvalue weighted by Crippen LogP contribution is 2.39. The Hall–Kier alpha value is -0.220. The molecule has 0 saturated heterocycles. The Labute approximate surface area is 93.8 Å². The average molecular weight is 310 g/mol. The molecular formula is C9H10Br2O2. The quantitative estimate of drug-likeness (QED) is 0.876. The molecule has 0 bridgehead atoms. The molecule has 72 valence electrons. The van der Waals surface area contributed by atoms with Crippen molar-refractivity contribution in [3.8, 4) is 11.5 Å². The van der Waals surface area contributed by atoms with Crippen molar-refractivity contribution in [2.75, 3.05) is 0 Å². The van der Waals surface area contributed by atoms with Crippen LogP contribution in [0.2, 0.25) is 0 Å². The van der Waals surface area contributed by atoms with Gasteiger partial charge in [0, 0.05) is 6.07 Å². The Morgan fingerprint density at radius 3 is 2.00 bits per heavy atom. The lowest BCUT2D eigenvalue weighted by atomic mass is 10.1. The van der Waals surface area contributed by atoms with Gasteiger partial charge in [0.25, 0.3) is 0 Å². The maximum Gasteiger partial charge on any atom is 0.133 e. The SMILES string of the molecule is CCCc1c(Br)c(O)cc(O)c1Br. The summed E-state index contributed by atoms with van der Waals surface area (Å²) in [6.45, 7) is 2.04. The van der Waals surface area contributed by atoms with Crippen LogP contribution in [0.5, 0.6) is 11.5 Å². The van der Waals surface area contributed by atoms with Crippen LogP contribution < -0.4 is 0 Å². The normalized spacial score (nSPS) is 10.4. The van der Waals surface area contributed by atoms with Crippen molar-refractivity contribution in [1.82, 2.24) is 0 Å². The topological polar surface area (TPSA) is 40.5 Å². The van der Waals surface area contributed by atoms with Gasteiger partial charge in [-0.3, -0.25) is 0 Å². The fraction of sp³-hybridized carbons (Fsp3) is 0.333. The first-order valence-corrected chi connectivity index (χ1v) is 5.55. The largest absolute Gasteiger partial charge is 0.507 e. The van der Waals surface area contributed by atoms with E-state index in [0.29, 0.717) is 8.95 Å². The minimum Gasteiger partial charge on any atom is -0.507 e. The molecule has 2 N–H and O–H groups in total. The molecule has 1 aromatic carbocycles. The number of phenols is 2. The van der Waals surface area contributed by atoms with E-state index in [1.165, 1.54) is 6.07 Å². The molecule has 2 nitrogen and oxygen atoms in total. The number of benzene rings is 1. The molecule has 0 saturated carbocycles. The highest BCUT2D eigenvalue weighted by molar-refractivity contribution is 9.11. The van der Waals surface area contributed by atoms with Crippen LogP contribution in [0.3, 0.4) is 0 Å². The lowest BCUT2D eigenvalue weighted by molar-refractivity contribution is 0.444. The maximum absolute atomic E-state index is 9.40. The third kappa shape index (κ3) is 2.17. The van der Waals surface area contributed by atoms with Gasteiger partial charge in [-0.05, 0) is 43.8 Å². The third-order valence-corrected chi connectivity index (χ3v) is 3.52. The van der Waals surface area contributed by atoms with Crippen molar-refractivity contribution < 1.29 is 10.2 Å². The monoisotopic (exact) mass is 308 g/mol. The van der Waals surface area contributed by atoms with Gasteiger partial charge in [0.2, 0.25) is 0 Å². The first-order chi connectivity index (χ1) is 6.07. The van der Waals surface area contributed by atoms with Gasteiger partial charge in [0.1, 0.15) is 11.5 Å². The van der Waals surface area contributed by atoms with Gasteiger partial charge in [-0.2, -0.15) is 0 Å². The molecule has 0 aliphatic rings. The van der Waals surface area contributed by atoms with Gasteiger partial charge in [-0.1, -0.05) is 13.3 Å². The second-order valence-electron chi connectivity index (χ2n) is 2.77. The second-order valence-corrected chi connectivity index (χ2v) is 4.36. The van der Waals surface area contributed by atoms with E-state index in [9.17, 15) is 10.2 Å². The zero-order valence-corrected chi connectivity index (χ0v) is 10.3. The van der Waals surface area contributed by atoms with Crippen molar-refractivity contribution >= 4 is 31.9 Å². The van der Waals surface area contributed by atoms with Crippen molar-refractivity contribution in [2.45, 2.75) is 19.8 Å². The van der Waals surface area contributed by atoms with Crippen molar-refractivity contribution in [1.29, 1.82) is 0 Å².